The van der Waals surface area contributed by atoms with Crippen LogP contribution in [0.3, 0.4) is 0 Å². The van der Waals surface area contributed by atoms with E-state index in [9.17, 15) is 0 Å². The van der Waals surface area contributed by atoms with Gasteiger partial charge in [-0.3, -0.25) is 5.10 Å². The van der Waals surface area contributed by atoms with E-state index in [0.717, 1.165) is 30.2 Å². The number of aromatic nitrogens is 4. The van der Waals surface area contributed by atoms with Crippen molar-refractivity contribution in [3.63, 3.8) is 0 Å². The van der Waals surface area contributed by atoms with Gasteiger partial charge in [-0.2, -0.15) is 15.1 Å². The summed E-state index contributed by atoms with van der Waals surface area (Å²) in [5.41, 5.74) is 0.712. The van der Waals surface area contributed by atoms with Crippen molar-refractivity contribution in [3.8, 4) is 0 Å². The van der Waals surface area contributed by atoms with E-state index in [0.29, 0.717) is 5.65 Å². The Bertz CT molecular complexity index is 552. The maximum absolute atomic E-state index is 5.96. The fourth-order valence-electron chi connectivity index (χ4n) is 2.70. The van der Waals surface area contributed by atoms with E-state index < -0.39 is 0 Å². The van der Waals surface area contributed by atoms with Gasteiger partial charge in [0.2, 0.25) is 5.28 Å². The van der Waals surface area contributed by atoms with Crippen LogP contribution in [0.2, 0.25) is 5.28 Å². The number of halogens is 1. The SMILES string of the molecule is CCCC1CCN(c2nc(Cl)nc3[nH]ncc23)C1. The summed E-state index contributed by atoms with van der Waals surface area (Å²) < 4.78 is 0. The van der Waals surface area contributed by atoms with Crippen LogP contribution in [0.15, 0.2) is 6.20 Å². The lowest BCUT2D eigenvalue weighted by atomic mass is 10.0. The minimum absolute atomic E-state index is 0.278. The van der Waals surface area contributed by atoms with E-state index >= 15 is 0 Å². The highest BCUT2D eigenvalue weighted by Gasteiger charge is 2.25. The van der Waals surface area contributed by atoms with Crippen molar-refractivity contribution >= 4 is 28.5 Å². The summed E-state index contributed by atoms with van der Waals surface area (Å²) >= 11 is 5.96. The van der Waals surface area contributed by atoms with Gasteiger partial charge in [-0.15, -0.1) is 0 Å². The second-order valence-electron chi connectivity index (χ2n) is 4.84. The number of hydrogen-bond donors (Lipinski definition) is 1. The lowest BCUT2D eigenvalue weighted by Gasteiger charge is -2.18. The minimum atomic E-state index is 0.278. The van der Waals surface area contributed by atoms with Crippen molar-refractivity contribution in [2.24, 2.45) is 5.92 Å². The quantitative estimate of drug-likeness (QED) is 0.867. The van der Waals surface area contributed by atoms with Gasteiger partial charge in [0.05, 0.1) is 11.6 Å². The van der Waals surface area contributed by atoms with Crippen LogP contribution in [-0.4, -0.2) is 33.3 Å². The van der Waals surface area contributed by atoms with E-state index in [4.69, 9.17) is 11.6 Å². The molecule has 0 amide bonds. The number of nitrogens with one attached hydrogen (secondary N) is 1. The number of fused-ring (bicyclic) bond motifs is 1. The van der Waals surface area contributed by atoms with Crippen molar-refractivity contribution in [3.05, 3.63) is 11.5 Å². The molecule has 0 aliphatic carbocycles. The molecule has 96 valence electrons. The molecule has 0 bridgehead atoms. The van der Waals surface area contributed by atoms with Crippen molar-refractivity contribution in [1.82, 2.24) is 20.2 Å². The summed E-state index contributed by atoms with van der Waals surface area (Å²) in [4.78, 5) is 10.8. The zero-order chi connectivity index (χ0) is 12.5. The highest BCUT2D eigenvalue weighted by atomic mass is 35.5. The predicted octanol–water partition coefficient (Wildman–Crippen LogP) is 2.63. The molecule has 2 aromatic heterocycles. The van der Waals surface area contributed by atoms with Crippen LogP contribution >= 0.6 is 11.6 Å². The van der Waals surface area contributed by atoms with Gasteiger partial charge in [0.15, 0.2) is 5.65 Å². The first-order valence-corrected chi connectivity index (χ1v) is 6.77. The highest BCUT2D eigenvalue weighted by Crippen LogP contribution is 2.30. The van der Waals surface area contributed by atoms with Gasteiger partial charge in [-0.1, -0.05) is 13.3 Å². The Labute approximate surface area is 111 Å². The molecule has 5 nitrogen and oxygen atoms in total. The van der Waals surface area contributed by atoms with E-state index in [-0.39, 0.29) is 5.28 Å². The maximum Gasteiger partial charge on any atom is 0.226 e. The first kappa shape index (κ1) is 11.7. The summed E-state index contributed by atoms with van der Waals surface area (Å²) in [6.45, 7) is 4.33. The molecule has 1 N–H and O–H groups in total. The Morgan fingerprint density at radius 1 is 1.50 bits per heavy atom. The third-order valence-corrected chi connectivity index (χ3v) is 3.71. The van der Waals surface area contributed by atoms with Gasteiger partial charge in [0.1, 0.15) is 5.82 Å². The molecule has 1 saturated heterocycles. The summed E-state index contributed by atoms with van der Waals surface area (Å²) in [7, 11) is 0. The Kier molecular flexibility index (Phi) is 3.07. The number of hydrogen-bond acceptors (Lipinski definition) is 4. The van der Waals surface area contributed by atoms with Gasteiger partial charge in [-0.25, -0.2) is 0 Å². The Balaban J connectivity index is 1.92. The molecule has 3 rings (SSSR count). The maximum atomic E-state index is 5.96. The van der Waals surface area contributed by atoms with Crippen molar-refractivity contribution in [2.75, 3.05) is 18.0 Å². The average molecular weight is 266 g/mol. The molecule has 1 fully saturated rings. The predicted molar refractivity (Wildman–Crippen MR) is 71.9 cm³/mol. The summed E-state index contributed by atoms with van der Waals surface area (Å²) in [6, 6.07) is 0. The van der Waals surface area contributed by atoms with Crippen LogP contribution in [-0.2, 0) is 0 Å². The monoisotopic (exact) mass is 265 g/mol. The molecule has 1 aliphatic rings. The number of rotatable bonds is 3. The fourth-order valence-corrected chi connectivity index (χ4v) is 2.87. The molecular formula is C12H16ClN5. The number of aromatic amines is 1. The Hall–Kier alpha value is -1.36. The molecule has 0 saturated carbocycles. The van der Waals surface area contributed by atoms with Gasteiger partial charge >= 0.3 is 0 Å². The normalized spacial score (nSPS) is 19.9. The molecule has 0 spiro atoms. The van der Waals surface area contributed by atoms with E-state index in [1.165, 1.54) is 19.3 Å². The third-order valence-electron chi connectivity index (χ3n) is 3.54. The molecule has 2 aromatic rings. The summed E-state index contributed by atoms with van der Waals surface area (Å²) in [5.74, 6) is 1.68. The smallest absolute Gasteiger partial charge is 0.226 e. The molecule has 1 aliphatic heterocycles. The van der Waals surface area contributed by atoms with Crippen LogP contribution in [0.5, 0.6) is 0 Å². The molecule has 0 aromatic carbocycles. The lowest BCUT2D eigenvalue weighted by molar-refractivity contribution is 0.529. The standard InChI is InChI=1S/C12H16ClN5/c1-2-3-8-4-5-18(7-8)11-9-6-14-17-10(9)15-12(13)16-11/h6,8H,2-5,7H2,1H3,(H,14,15,16,17). The van der Waals surface area contributed by atoms with E-state index in [1.54, 1.807) is 6.20 Å². The zero-order valence-electron chi connectivity index (χ0n) is 10.4. The first-order valence-electron chi connectivity index (χ1n) is 6.39. The van der Waals surface area contributed by atoms with Crippen LogP contribution in [0.4, 0.5) is 5.82 Å². The fraction of sp³-hybridized carbons (Fsp3) is 0.583. The third kappa shape index (κ3) is 2.03. The van der Waals surface area contributed by atoms with Crippen LogP contribution in [0, 0.1) is 5.92 Å². The molecule has 1 atom stereocenters. The van der Waals surface area contributed by atoms with Crippen molar-refractivity contribution in [2.45, 2.75) is 26.2 Å². The topological polar surface area (TPSA) is 57.7 Å². The first-order chi connectivity index (χ1) is 8.78. The molecule has 1 unspecified atom stereocenters. The number of anilines is 1. The summed E-state index contributed by atoms with van der Waals surface area (Å²) in [6.07, 6.45) is 5.52. The number of nitrogens with zero attached hydrogens (tertiary/aromatic N) is 4. The Morgan fingerprint density at radius 2 is 2.39 bits per heavy atom. The largest absolute Gasteiger partial charge is 0.356 e. The van der Waals surface area contributed by atoms with Gasteiger partial charge < -0.3 is 4.90 Å². The zero-order valence-corrected chi connectivity index (χ0v) is 11.1. The van der Waals surface area contributed by atoms with Gasteiger partial charge in [0.25, 0.3) is 0 Å². The van der Waals surface area contributed by atoms with Crippen molar-refractivity contribution in [1.29, 1.82) is 0 Å². The van der Waals surface area contributed by atoms with Gasteiger partial charge in [-0.05, 0) is 30.4 Å². The van der Waals surface area contributed by atoms with Crippen LogP contribution < -0.4 is 4.90 Å². The van der Waals surface area contributed by atoms with Gasteiger partial charge in [0, 0.05) is 13.1 Å². The second kappa shape index (κ2) is 4.72. The molecule has 18 heavy (non-hydrogen) atoms. The minimum Gasteiger partial charge on any atom is -0.356 e. The van der Waals surface area contributed by atoms with Crippen LogP contribution in [0.1, 0.15) is 26.2 Å². The second-order valence-corrected chi connectivity index (χ2v) is 5.18. The van der Waals surface area contributed by atoms with Crippen LogP contribution in [0.25, 0.3) is 11.0 Å². The van der Waals surface area contributed by atoms with E-state index in [2.05, 4.69) is 32.0 Å². The highest BCUT2D eigenvalue weighted by molar-refractivity contribution is 6.28. The lowest BCUT2D eigenvalue weighted by Crippen LogP contribution is -2.21. The molecule has 0 radical (unpaired) electrons. The molecular weight excluding hydrogens is 250 g/mol. The Morgan fingerprint density at radius 3 is 3.22 bits per heavy atom. The molecule has 6 heteroatoms. The summed E-state index contributed by atoms with van der Waals surface area (Å²) in [5, 5.41) is 8.10. The number of H-pyrrole nitrogens is 1. The van der Waals surface area contributed by atoms with E-state index in [1.807, 2.05) is 0 Å². The molecule has 3 heterocycles. The van der Waals surface area contributed by atoms with Crippen molar-refractivity contribution < 1.29 is 0 Å². The average Bonchev–Trinajstić information content (AvgIpc) is 2.96.